The topological polar surface area (TPSA) is 77.0 Å². The minimum absolute atomic E-state index is 0.427. The Bertz CT molecular complexity index is 420. The van der Waals surface area contributed by atoms with Gasteiger partial charge in [0.2, 0.25) is 11.7 Å². The molecule has 0 saturated carbocycles. The summed E-state index contributed by atoms with van der Waals surface area (Å²) in [5, 5.41) is 6.67. The van der Waals surface area contributed by atoms with Gasteiger partial charge in [-0.2, -0.15) is 4.98 Å². The van der Waals surface area contributed by atoms with Crippen LogP contribution in [0.3, 0.4) is 0 Å². The first-order valence-corrected chi connectivity index (χ1v) is 4.19. The lowest BCUT2D eigenvalue weighted by atomic mass is 10.5. The standard InChI is InChI=1S/C8H10N4O2/c1-5-10-3-6(13-5)8-11-7(4-9-2)14-12-8/h3,9H,4H2,1-2H3. The average Bonchev–Trinajstić information content (AvgIpc) is 2.74. The van der Waals surface area contributed by atoms with Gasteiger partial charge in [-0.25, -0.2) is 4.98 Å². The molecular formula is C8H10N4O2. The molecule has 2 aromatic rings. The molecule has 0 spiro atoms. The second-order valence-corrected chi connectivity index (χ2v) is 2.79. The van der Waals surface area contributed by atoms with Crippen molar-refractivity contribution in [2.75, 3.05) is 7.05 Å². The molecule has 2 rings (SSSR count). The summed E-state index contributed by atoms with van der Waals surface area (Å²) in [7, 11) is 1.81. The normalized spacial score (nSPS) is 10.7. The van der Waals surface area contributed by atoms with E-state index in [0.717, 1.165) is 0 Å². The Morgan fingerprint density at radius 1 is 1.50 bits per heavy atom. The highest BCUT2D eigenvalue weighted by atomic mass is 16.5. The number of nitrogens with zero attached hydrogens (tertiary/aromatic N) is 3. The molecule has 0 aliphatic carbocycles. The van der Waals surface area contributed by atoms with Gasteiger partial charge in [-0.3, -0.25) is 0 Å². The molecule has 0 unspecified atom stereocenters. The van der Waals surface area contributed by atoms with E-state index in [2.05, 4.69) is 20.4 Å². The van der Waals surface area contributed by atoms with E-state index in [4.69, 9.17) is 8.94 Å². The van der Waals surface area contributed by atoms with Gasteiger partial charge in [-0.05, 0) is 7.05 Å². The number of rotatable bonds is 3. The Labute approximate surface area is 80.3 Å². The summed E-state index contributed by atoms with van der Waals surface area (Å²) in [5.41, 5.74) is 0. The zero-order valence-corrected chi connectivity index (χ0v) is 7.94. The van der Waals surface area contributed by atoms with Crippen LogP contribution < -0.4 is 5.32 Å². The SMILES string of the molecule is CNCc1nc(-c2cnc(C)o2)no1. The molecule has 6 heteroatoms. The van der Waals surface area contributed by atoms with Gasteiger partial charge >= 0.3 is 0 Å². The zero-order valence-electron chi connectivity index (χ0n) is 7.94. The molecule has 2 aromatic heterocycles. The van der Waals surface area contributed by atoms with Crippen LogP contribution in [0, 0.1) is 6.92 Å². The van der Waals surface area contributed by atoms with Crippen LogP contribution >= 0.6 is 0 Å². The fourth-order valence-corrected chi connectivity index (χ4v) is 1.04. The second kappa shape index (κ2) is 3.59. The van der Waals surface area contributed by atoms with Crippen LogP contribution in [0.1, 0.15) is 11.8 Å². The third-order valence-electron chi connectivity index (χ3n) is 1.64. The van der Waals surface area contributed by atoms with E-state index in [0.29, 0.717) is 29.9 Å². The van der Waals surface area contributed by atoms with Crippen LogP contribution in [-0.4, -0.2) is 22.2 Å². The maximum absolute atomic E-state index is 5.24. The van der Waals surface area contributed by atoms with Crippen molar-refractivity contribution in [1.82, 2.24) is 20.4 Å². The Kier molecular flexibility index (Phi) is 2.28. The Balaban J connectivity index is 2.24. The van der Waals surface area contributed by atoms with Gasteiger partial charge in [0.05, 0.1) is 12.7 Å². The van der Waals surface area contributed by atoms with E-state index in [1.807, 2.05) is 7.05 Å². The number of hydrogen-bond acceptors (Lipinski definition) is 6. The van der Waals surface area contributed by atoms with Gasteiger partial charge in [-0.1, -0.05) is 5.16 Å². The monoisotopic (exact) mass is 194 g/mol. The predicted octanol–water partition coefficient (Wildman–Crippen LogP) is 0.752. The lowest BCUT2D eigenvalue weighted by Gasteiger charge is -1.86. The predicted molar refractivity (Wildman–Crippen MR) is 47.3 cm³/mol. The average molecular weight is 194 g/mol. The van der Waals surface area contributed by atoms with Crippen molar-refractivity contribution < 1.29 is 8.94 Å². The van der Waals surface area contributed by atoms with Crippen molar-refractivity contribution >= 4 is 0 Å². The molecule has 74 valence electrons. The van der Waals surface area contributed by atoms with Gasteiger partial charge < -0.3 is 14.3 Å². The third kappa shape index (κ3) is 1.64. The molecule has 0 aliphatic rings. The number of aryl methyl sites for hydroxylation is 1. The molecule has 0 saturated heterocycles. The fourth-order valence-electron chi connectivity index (χ4n) is 1.04. The zero-order chi connectivity index (χ0) is 9.97. The lowest BCUT2D eigenvalue weighted by molar-refractivity contribution is 0.371. The molecule has 2 heterocycles. The van der Waals surface area contributed by atoms with E-state index in [9.17, 15) is 0 Å². The van der Waals surface area contributed by atoms with Crippen molar-refractivity contribution in [3.63, 3.8) is 0 Å². The van der Waals surface area contributed by atoms with Crippen LogP contribution in [0.5, 0.6) is 0 Å². The summed E-state index contributed by atoms with van der Waals surface area (Å²) in [6.07, 6.45) is 1.57. The summed E-state index contributed by atoms with van der Waals surface area (Å²) >= 11 is 0. The highest BCUT2D eigenvalue weighted by Gasteiger charge is 2.11. The van der Waals surface area contributed by atoms with Crippen LogP contribution in [0.25, 0.3) is 11.6 Å². The minimum Gasteiger partial charge on any atom is -0.438 e. The van der Waals surface area contributed by atoms with Gasteiger partial charge in [-0.15, -0.1) is 0 Å². The molecule has 0 fully saturated rings. The molecule has 6 nitrogen and oxygen atoms in total. The molecular weight excluding hydrogens is 184 g/mol. The molecule has 0 amide bonds. The Hall–Kier alpha value is -1.69. The van der Waals surface area contributed by atoms with Crippen molar-refractivity contribution in [1.29, 1.82) is 0 Å². The first kappa shape index (κ1) is 8.89. The lowest BCUT2D eigenvalue weighted by Crippen LogP contribution is -2.04. The largest absolute Gasteiger partial charge is 0.438 e. The summed E-state index contributed by atoms with van der Waals surface area (Å²) in [6, 6.07) is 0. The molecule has 0 atom stereocenters. The maximum atomic E-state index is 5.24. The van der Waals surface area contributed by atoms with Crippen LogP contribution in [-0.2, 0) is 6.54 Å². The Morgan fingerprint density at radius 3 is 3.00 bits per heavy atom. The van der Waals surface area contributed by atoms with E-state index < -0.39 is 0 Å². The van der Waals surface area contributed by atoms with Gasteiger partial charge in [0.15, 0.2) is 11.7 Å². The van der Waals surface area contributed by atoms with Crippen LogP contribution in [0.4, 0.5) is 0 Å². The first-order chi connectivity index (χ1) is 6.79. The van der Waals surface area contributed by atoms with Crippen LogP contribution in [0.2, 0.25) is 0 Å². The number of aromatic nitrogens is 3. The summed E-state index contributed by atoms with van der Waals surface area (Å²) < 4.78 is 10.2. The van der Waals surface area contributed by atoms with Crippen molar-refractivity contribution in [2.45, 2.75) is 13.5 Å². The van der Waals surface area contributed by atoms with Crippen molar-refractivity contribution in [3.05, 3.63) is 18.0 Å². The molecule has 0 aliphatic heterocycles. The molecule has 1 N–H and O–H groups in total. The van der Waals surface area contributed by atoms with Crippen LogP contribution in [0.15, 0.2) is 15.1 Å². The van der Waals surface area contributed by atoms with Gasteiger partial charge in [0, 0.05) is 6.92 Å². The molecule has 0 bridgehead atoms. The van der Waals surface area contributed by atoms with Crippen molar-refractivity contribution in [3.8, 4) is 11.6 Å². The fraction of sp³-hybridized carbons (Fsp3) is 0.375. The molecule has 0 radical (unpaired) electrons. The third-order valence-corrected chi connectivity index (χ3v) is 1.64. The first-order valence-electron chi connectivity index (χ1n) is 4.19. The Morgan fingerprint density at radius 2 is 2.36 bits per heavy atom. The number of hydrogen-bond donors (Lipinski definition) is 1. The summed E-state index contributed by atoms with van der Waals surface area (Å²) in [5.74, 6) is 2.06. The minimum atomic E-state index is 0.427. The highest BCUT2D eigenvalue weighted by molar-refractivity contribution is 5.43. The van der Waals surface area contributed by atoms with E-state index in [-0.39, 0.29) is 0 Å². The van der Waals surface area contributed by atoms with E-state index in [1.165, 1.54) is 0 Å². The van der Waals surface area contributed by atoms with E-state index in [1.54, 1.807) is 13.1 Å². The van der Waals surface area contributed by atoms with E-state index >= 15 is 0 Å². The number of nitrogens with one attached hydrogen (secondary N) is 1. The highest BCUT2D eigenvalue weighted by Crippen LogP contribution is 2.16. The smallest absolute Gasteiger partial charge is 0.241 e. The second-order valence-electron chi connectivity index (χ2n) is 2.79. The van der Waals surface area contributed by atoms with Gasteiger partial charge in [0.25, 0.3) is 0 Å². The summed E-state index contributed by atoms with van der Waals surface area (Å²) in [6.45, 7) is 2.30. The molecule has 14 heavy (non-hydrogen) atoms. The maximum Gasteiger partial charge on any atom is 0.241 e. The quantitative estimate of drug-likeness (QED) is 0.776. The summed E-state index contributed by atoms with van der Waals surface area (Å²) in [4.78, 5) is 8.05. The number of oxazole rings is 1. The van der Waals surface area contributed by atoms with Gasteiger partial charge in [0.1, 0.15) is 0 Å². The van der Waals surface area contributed by atoms with Crippen molar-refractivity contribution in [2.24, 2.45) is 0 Å². The molecule has 0 aromatic carbocycles.